The van der Waals surface area contributed by atoms with E-state index in [-0.39, 0.29) is 11.8 Å². The third-order valence-electron chi connectivity index (χ3n) is 3.14. The van der Waals surface area contributed by atoms with Gasteiger partial charge in [0, 0.05) is 12.2 Å². The minimum absolute atomic E-state index is 0.00237. The van der Waals surface area contributed by atoms with Crippen molar-refractivity contribution in [2.24, 2.45) is 0 Å². The Kier molecular flexibility index (Phi) is 6.37. The van der Waals surface area contributed by atoms with Gasteiger partial charge >= 0.3 is 0 Å². The number of anilines is 1. The van der Waals surface area contributed by atoms with E-state index in [0.717, 1.165) is 17.8 Å². The molecule has 0 bridgehead atoms. The molecule has 21 heavy (non-hydrogen) atoms. The summed E-state index contributed by atoms with van der Waals surface area (Å²) in [5, 5.41) is 8.76. The van der Waals surface area contributed by atoms with E-state index in [4.69, 9.17) is 0 Å². The van der Waals surface area contributed by atoms with Crippen LogP contribution in [0.1, 0.15) is 33.3 Å². The number of benzene rings is 1. The molecule has 3 N–H and O–H groups in total. The molecular weight excluding hydrogens is 266 g/mol. The predicted octanol–water partition coefficient (Wildman–Crippen LogP) is 1.69. The Morgan fingerprint density at radius 1 is 1.05 bits per heavy atom. The standard InChI is InChI=1S/C16H25N3O2/c1-5-17-14(20)11-12-7-9-13(10-8-12)19-15(21)16(3,4)18-6-2/h7-10,18H,5-6,11H2,1-4H3,(H,17,20)(H,19,21). The monoisotopic (exact) mass is 291 g/mol. The Bertz CT molecular complexity index is 481. The molecule has 0 aromatic heterocycles. The molecule has 1 aromatic carbocycles. The van der Waals surface area contributed by atoms with Crippen molar-refractivity contribution in [3.63, 3.8) is 0 Å². The maximum Gasteiger partial charge on any atom is 0.244 e. The van der Waals surface area contributed by atoms with Crippen molar-refractivity contribution in [2.45, 2.75) is 39.7 Å². The molecule has 2 amide bonds. The predicted molar refractivity (Wildman–Crippen MR) is 85.2 cm³/mol. The quantitative estimate of drug-likeness (QED) is 0.716. The van der Waals surface area contributed by atoms with Gasteiger partial charge in [0.15, 0.2) is 0 Å². The van der Waals surface area contributed by atoms with Gasteiger partial charge in [-0.3, -0.25) is 9.59 Å². The van der Waals surface area contributed by atoms with Crippen molar-refractivity contribution in [1.82, 2.24) is 10.6 Å². The normalized spacial score (nSPS) is 11.0. The summed E-state index contributed by atoms with van der Waals surface area (Å²) in [5.74, 6) is -0.0802. The number of carbonyl (C=O) groups is 2. The molecule has 1 aromatic rings. The van der Waals surface area contributed by atoms with Crippen molar-refractivity contribution in [2.75, 3.05) is 18.4 Å². The van der Waals surface area contributed by atoms with Crippen molar-refractivity contribution in [3.8, 4) is 0 Å². The van der Waals surface area contributed by atoms with Gasteiger partial charge in [-0.05, 0) is 45.0 Å². The van der Waals surface area contributed by atoms with E-state index in [1.54, 1.807) is 0 Å². The summed E-state index contributed by atoms with van der Waals surface area (Å²) in [7, 11) is 0. The molecule has 0 radical (unpaired) electrons. The van der Waals surface area contributed by atoms with Crippen LogP contribution in [0.2, 0.25) is 0 Å². The topological polar surface area (TPSA) is 70.2 Å². The van der Waals surface area contributed by atoms with E-state index in [2.05, 4.69) is 16.0 Å². The van der Waals surface area contributed by atoms with Crippen LogP contribution in [0.5, 0.6) is 0 Å². The number of nitrogens with one attached hydrogen (secondary N) is 3. The lowest BCUT2D eigenvalue weighted by atomic mass is 10.0. The lowest BCUT2D eigenvalue weighted by molar-refractivity contribution is -0.121. The van der Waals surface area contributed by atoms with Gasteiger partial charge in [-0.25, -0.2) is 0 Å². The lowest BCUT2D eigenvalue weighted by Crippen LogP contribution is -2.49. The van der Waals surface area contributed by atoms with Gasteiger partial charge in [0.2, 0.25) is 11.8 Å². The molecule has 0 saturated heterocycles. The highest BCUT2D eigenvalue weighted by molar-refractivity contribution is 5.97. The second-order valence-corrected chi connectivity index (χ2v) is 5.44. The fourth-order valence-corrected chi connectivity index (χ4v) is 1.96. The number of hydrogen-bond acceptors (Lipinski definition) is 3. The van der Waals surface area contributed by atoms with E-state index >= 15 is 0 Å². The van der Waals surface area contributed by atoms with Crippen LogP contribution in [0.4, 0.5) is 5.69 Å². The highest BCUT2D eigenvalue weighted by Gasteiger charge is 2.25. The van der Waals surface area contributed by atoms with Crippen molar-refractivity contribution >= 4 is 17.5 Å². The van der Waals surface area contributed by atoms with Crippen LogP contribution < -0.4 is 16.0 Å². The van der Waals surface area contributed by atoms with Crippen molar-refractivity contribution in [3.05, 3.63) is 29.8 Å². The van der Waals surface area contributed by atoms with Crippen LogP contribution in [0, 0.1) is 0 Å². The highest BCUT2D eigenvalue weighted by Crippen LogP contribution is 2.13. The number of likely N-dealkylation sites (N-methyl/N-ethyl adjacent to an activating group) is 2. The molecule has 1 rings (SSSR count). The van der Waals surface area contributed by atoms with E-state index in [0.29, 0.717) is 13.0 Å². The molecule has 0 aliphatic heterocycles. The Hall–Kier alpha value is -1.88. The third kappa shape index (κ3) is 5.55. The third-order valence-corrected chi connectivity index (χ3v) is 3.14. The summed E-state index contributed by atoms with van der Waals surface area (Å²) >= 11 is 0. The average molecular weight is 291 g/mol. The van der Waals surface area contributed by atoms with Gasteiger partial charge in [0.1, 0.15) is 0 Å². The van der Waals surface area contributed by atoms with Crippen molar-refractivity contribution < 1.29 is 9.59 Å². The van der Waals surface area contributed by atoms with E-state index < -0.39 is 5.54 Å². The molecule has 0 spiro atoms. The molecule has 5 heteroatoms. The highest BCUT2D eigenvalue weighted by atomic mass is 16.2. The number of rotatable bonds is 7. The Morgan fingerprint density at radius 3 is 2.19 bits per heavy atom. The zero-order valence-corrected chi connectivity index (χ0v) is 13.2. The zero-order chi connectivity index (χ0) is 15.9. The van der Waals surface area contributed by atoms with Crippen LogP contribution in [0.3, 0.4) is 0 Å². The molecule has 0 fully saturated rings. The van der Waals surface area contributed by atoms with Gasteiger partial charge < -0.3 is 16.0 Å². The molecule has 0 aliphatic rings. The fraction of sp³-hybridized carbons (Fsp3) is 0.500. The summed E-state index contributed by atoms with van der Waals surface area (Å²) in [6.07, 6.45) is 0.352. The summed E-state index contributed by atoms with van der Waals surface area (Å²) in [5.41, 5.74) is 1.03. The van der Waals surface area contributed by atoms with Gasteiger partial charge in [-0.1, -0.05) is 19.1 Å². The lowest BCUT2D eigenvalue weighted by Gasteiger charge is -2.24. The number of hydrogen-bond donors (Lipinski definition) is 3. The zero-order valence-electron chi connectivity index (χ0n) is 13.2. The van der Waals surface area contributed by atoms with Gasteiger partial charge in [0.25, 0.3) is 0 Å². The van der Waals surface area contributed by atoms with Gasteiger partial charge in [0.05, 0.1) is 12.0 Å². The molecule has 0 unspecified atom stereocenters. The first-order valence-corrected chi connectivity index (χ1v) is 7.31. The van der Waals surface area contributed by atoms with E-state index in [1.807, 2.05) is 52.0 Å². The largest absolute Gasteiger partial charge is 0.356 e. The minimum atomic E-state index is -0.617. The molecule has 0 atom stereocenters. The summed E-state index contributed by atoms with van der Waals surface area (Å²) in [6.45, 7) is 8.90. The van der Waals surface area contributed by atoms with Crippen LogP contribution in [-0.4, -0.2) is 30.4 Å². The number of carbonyl (C=O) groups excluding carboxylic acids is 2. The minimum Gasteiger partial charge on any atom is -0.356 e. The van der Waals surface area contributed by atoms with Crippen LogP contribution in [-0.2, 0) is 16.0 Å². The van der Waals surface area contributed by atoms with Gasteiger partial charge in [-0.2, -0.15) is 0 Å². The molecule has 116 valence electrons. The SMILES string of the molecule is CCNC(=O)Cc1ccc(NC(=O)C(C)(C)NCC)cc1. The second-order valence-electron chi connectivity index (χ2n) is 5.44. The first kappa shape index (κ1) is 17.2. The Labute approximate surface area is 126 Å². The van der Waals surface area contributed by atoms with E-state index in [1.165, 1.54) is 0 Å². The summed E-state index contributed by atoms with van der Waals surface area (Å²) in [6, 6.07) is 7.33. The van der Waals surface area contributed by atoms with Crippen LogP contribution in [0.25, 0.3) is 0 Å². The molecule has 5 nitrogen and oxygen atoms in total. The molecule has 0 saturated carbocycles. The summed E-state index contributed by atoms with van der Waals surface area (Å²) in [4.78, 5) is 23.6. The van der Waals surface area contributed by atoms with E-state index in [9.17, 15) is 9.59 Å². The maximum absolute atomic E-state index is 12.1. The average Bonchev–Trinajstić information content (AvgIpc) is 2.41. The Balaban J connectivity index is 2.62. The van der Waals surface area contributed by atoms with Crippen LogP contribution >= 0.6 is 0 Å². The van der Waals surface area contributed by atoms with Crippen molar-refractivity contribution in [1.29, 1.82) is 0 Å². The smallest absolute Gasteiger partial charge is 0.244 e. The maximum atomic E-state index is 12.1. The second kappa shape index (κ2) is 7.78. The molecule has 0 aliphatic carbocycles. The first-order chi connectivity index (χ1) is 9.89. The first-order valence-electron chi connectivity index (χ1n) is 7.31. The number of amides is 2. The van der Waals surface area contributed by atoms with Gasteiger partial charge in [-0.15, -0.1) is 0 Å². The van der Waals surface area contributed by atoms with Crippen LogP contribution in [0.15, 0.2) is 24.3 Å². The Morgan fingerprint density at radius 2 is 1.67 bits per heavy atom. The fourth-order valence-electron chi connectivity index (χ4n) is 1.96. The summed E-state index contributed by atoms with van der Waals surface area (Å²) < 4.78 is 0. The molecular formula is C16H25N3O2. The molecule has 0 heterocycles.